The standard InChI is InChI=1S/C14H12BrN3O2/c15-9-4-5-12(16)11(7-9)14(20)18-10-3-1-2-8(6-10)13(17)19/h1-7H,16H2,(H2,17,19)(H,18,20). The Kier molecular flexibility index (Phi) is 4.05. The van der Waals surface area contributed by atoms with Crippen LogP contribution in [-0.4, -0.2) is 11.8 Å². The lowest BCUT2D eigenvalue weighted by Gasteiger charge is -2.08. The van der Waals surface area contributed by atoms with Gasteiger partial charge in [0.25, 0.3) is 5.91 Å². The number of carbonyl (C=O) groups excluding carboxylic acids is 2. The number of nitrogens with one attached hydrogen (secondary N) is 1. The van der Waals surface area contributed by atoms with E-state index in [0.717, 1.165) is 4.47 Å². The summed E-state index contributed by atoms with van der Waals surface area (Å²) in [4.78, 5) is 23.2. The molecule has 0 spiro atoms. The van der Waals surface area contributed by atoms with Gasteiger partial charge in [0.2, 0.25) is 5.91 Å². The number of hydrogen-bond donors (Lipinski definition) is 3. The molecular weight excluding hydrogens is 322 g/mol. The third kappa shape index (κ3) is 3.16. The van der Waals surface area contributed by atoms with E-state index < -0.39 is 5.91 Å². The molecule has 0 saturated heterocycles. The molecule has 0 bridgehead atoms. The first-order valence-electron chi connectivity index (χ1n) is 5.73. The van der Waals surface area contributed by atoms with Gasteiger partial charge in [-0.1, -0.05) is 22.0 Å². The highest BCUT2D eigenvalue weighted by molar-refractivity contribution is 9.10. The fraction of sp³-hybridized carbons (Fsp3) is 0. The summed E-state index contributed by atoms with van der Waals surface area (Å²) >= 11 is 3.28. The summed E-state index contributed by atoms with van der Waals surface area (Å²) in [6.45, 7) is 0. The Morgan fingerprint density at radius 1 is 1.10 bits per heavy atom. The quantitative estimate of drug-likeness (QED) is 0.752. The van der Waals surface area contributed by atoms with Crippen molar-refractivity contribution >= 4 is 39.1 Å². The second-order valence-electron chi connectivity index (χ2n) is 4.13. The first-order valence-corrected chi connectivity index (χ1v) is 6.53. The molecule has 2 aromatic carbocycles. The van der Waals surface area contributed by atoms with Crippen LogP contribution < -0.4 is 16.8 Å². The van der Waals surface area contributed by atoms with E-state index >= 15 is 0 Å². The first-order chi connectivity index (χ1) is 9.47. The van der Waals surface area contributed by atoms with Crippen molar-refractivity contribution < 1.29 is 9.59 Å². The zero-order valence-corrected chi connectivity index (χ0v) is 12.0. The molecule has 0 fully saturated rings. The molecule has 5 N–H and O–H groups in total. The lowest BCUT2D eigenvalue weighted by Crippen LogP contribution is -2.15. The molecule has 6 heteroatoms. The smallest absolute Gasteiger partial charge is 0.257 e. The van der Waals surface area contributed by atoms with Crippen molar-refractivity contribution in [2.75, 3.05) is 11.1 Å². The highest BCUT2D eigenvalue weighted by Crippen LogP contribution is 2.20. The molecule has 0 aromatic heterocycles. The normalized spacial score (nSPS) is 10.1. The number of rotatable bonds is 3. The molecule has 5 nitrogen and oxygen atoms in total. The molecule has 0 heterocycles. The molecule has 0 radical (unpaired) electrons. The van der Waals surface area contributed by atoms with Gasteiger partial charge in [0.05, 0.1) is 5.56 Å². The second-order valence-corrected chi connectivity index (χ2v) is 5.05. The van der Waals surface area contributed by atoms with Gasteiger partial charge in [-0.3, -0.25) is 9.59 Å². The minimum Gasteiger partial charge on any atom is -0.398 e. The largest absolute Gasteiger partial charge is 0.398 e. The fourth-order valence-corrected chi connectivity index (χ4v) is 2.03. The topological polar surface area (TPSA) is 98.2 Å². The Morgan fingerprint density at radius 3 is 2.55 bits per heavy atom. The van der Waals surface area contributed by atoms with Crippen LogP contribution >= 0.6 is 15.9 Å². The number of nitrogens with two attached hydrogens (primary N) is 2. The van der Waals surface area contributed by atoms with Crippen LogP contribution in [0.1, 0.15) is 20.7 Å². The maximum atomic E-state index is 12.1. The van der Waals surface area contributed by atoms with Crippen molar-refractivity contribution in [2.24, 2.45) is 5.73 Å². The number of benzene rings is 2. The molecule has 2 amide bonds. The Labute approximate surface area is 124 Å². The molecule has 0 aliphatic heterocycles. The fourth-order valence-electron chi connectivity index (χ4n) is 1.67. The lowest BCUT2D eigenvalue weighted by atomic mass is 10.1. The molecule has 102 valence electrons. The average Bonchev–Trinajstić information content (AvgIpc) is 2.41. The van der Waals surface area contributed by atoms with E-state index in [1.807, 2.05) is 0 Å². The van der Waals surface area contributed by atoms with Gasteiger partial charge in [-0.15, -0.1) is 0 Å². The van der Waals surface area contributed by atoms with Crippen LogP contribution in [0.15, 0.2) is 46.9 Å². The van der Waals surface area contributed by atoms with Crippen molar-refractivity contribution in [2.45, 2.75) is 0 Å². The molecule has 0 atom stereocenters. The van der Waals surface area contributed by atoms with Crippen LogP contribution in [0, 0.1) is 0 Å². The molecule has 20 heavy (non-hydrogen) atoms. The van der Waals surface area contributed by atoms with Gasteiger partial charge in [-0.2, -0.15) is 0 Å². The lowest BCUT2D eigenvalue weighted by molar-refractivity contribution is 0.0996. The Balaban J connectivity index is 2.25. The molecule has 0 unspecified atom stereocenters. The number of amides is 2. The third-order valence-electron chi connectivity index (χ3n) is 2.66. The van der Waals surface area contributed by atoms with Gasteiger partial charge >= 0.3 is 0 Å². The first kappa shape index (κ1) is 14.1. The van der Waals surface area contributed by atoms with Gasteiger partial charge in [0.15, 0.2) is 0 Å². The maximum Gasteiger partial charge on any atom is 0.257 e. The summed E-state index contributed by atoms with van der Waals surface area (Å²) < 4.78 is 0.753. The monoisotopic (exact) mass is 333 g/mol. The minimum absolute atomic E-state index is 0.324. The van der Waals surface area contributed by atoms with Gasteiger partial charge in [0.1, 0.15) is 0 Å². The number of hydrogen-bond acceptors (Lipinski definition) is 3. The van der Waals surface area contributed by atoms with Crippen LogP contribution in [-0.2, 0) is 0 Å². The van der Waals surface area contributed by atoms with E-state index in [4.69, 9.17) is 11.5 Å². The maximum absolute atomic E-state index is 12.1. The van der Waals surface area contributed by atoms with Crippen LogP contribution in [0.5, 0.6) is 0 Å². The van der Waals surface area contributed by atoms with E-state index in [0.29, 0.717) is 22.5 Å². The van der Waals surface area contributed by atoms with Gasteiger partial charge in [0, 0.05) is 21.4 Å². The zero-order valence-electron chi connectivity index (χ0n) is 10.4. The number of anilines is 2. The number of nitrogen functional groups attached to an aromatic ring is 1. The van der Waals surface area contributed by atoms with Crippen molar-refractivity contribution in [3.8, 4) is 0 Å². The van der Waals surface area contributed by atoms with Crippen LogP contribution in [0.25, 0.3) is 0 Å². The Hall–Kier alpha value is -2.34. The van der Waals surface area contributed by atoms with Gasteiger partial charge < -0.3 is 16.8 Å². The minimum atomic E-state index is -0.553. The Morgan fingerprint density at radius 2 is 1.85 bits per heavy atom. The molecule has 2 rings (SSSR count). The molecule has 0 aliphatic rings. The summed E-state index contributed by atoms with van der Waals surface area (Å²) in [5.74, 6) is -0.909. The zero-order chi connectivity index (χ0) is 14.7. The van der Waals surface area contributed by atoms with Crippen LogP contribution in [0.4, 0.5) is 11.4 Å². The molecule has 0 saturated carbocycles. The summed E-state index contributed by atoms with van der Waals surface area (Å²) in [6, 6.07) is 11.4. The summed E-state index contributed by atoms with van der Waals surface area (Å²) in [7, 11) is 0. The van der Waals surface area contributed by atoms with E-state index in [2.05, 4.69) is 21.2 Å². The Bertz CT molecular complexity index is 686. The highest BCUT2D eigenvalue weighted by Gasteiger charge is 2.11. The number of halogens is 1. The number of primary amides is 1. The van der Waals surface area contributed by atoms with E-state index in [9.17, 15) is 9.59 Å². The van der Waals surface area contributed by atoms with Crippen LogP contribution in [0.2, 0.25) is 0 Å². The van der Waals surface area contributed by atoms with Gasteiger partial charge in [-0.25, -0.2) is 0 Å². The average molecular weight is 334 g/mol. The summed E-state index contributed by atoms with van der Waals surface area (Å²) in [5.41, 5.74) is 12.5. The van der Waals surface area contributed by atoms with Crippen molar-refractivity contribution in [3.63, 3.8) is 0 Å². The second kappa shape index (κ2) is 5.75. The molecule has 2 aromatic rings. The molecular formula is C14H12BrN3O2. The van der Waals surface area contributed by atoms with Gasteiger partial charge in [-0.05, 0) is 36.4 Å². The SMILES string of the molecule is NC(=O)c1cccc(NC(=O)c2cc(Br)ccc2N)c1. The predicted octanol–water partition coefficient (Wildman–Crippen LogP) is 2.38. The molecule has 0 aliphatic carbocycles. The highest BCUT2D eigenvalue weighted by atomic mass is 79.9. The van der Waals surface area contributed by atoms with E-state index in [1.165, 1.54) is 6.07 Å². The van der Waals surface area contributed by atoms with Crippen molar-refractivity contribution in [1.29, 1.82) is 0 Å². The van der Waals surface area contributed by atoms with Crippen molar-refractivity contribution in [1.82, 2.24) is 0 Å². The van der Waals surface area contributed by atoms with E-state index in [1.54, 1.807) is 36.4 Å². The third-order valence-corrected chi connectivity index (χ3v) is 3.16. The number of carbonyl (C=O) groups is 2. The predicted molar refractivity (Wildman–Crippen MR) is 81.5 cm³/mol. The van der Waals surface area contributed by atoms with Crippen LogP contribution in [0.3, 0.4) is 0 Å². The summed E-state index contributed by atoms with van der Waals surface area (Å²) in [5, 5.41) is 2.67. The van der Waals surface area contributed by atoms with Crippen molar-refractivity contribution in [3.05, 3.63) is 58.1 Å². The van der Waals surface area contributed by atoms with E-state index in [-0.39, 0.29) is 5.91 Å². The summed E-state index contributed by atoms with van der Waals surface area (Å²) in [6.07, 6.45) is 0.